The second kappa shape index (κ2) is 3.92. The van der Waals surface area contributed by atoms with Crippen molar-refractivity contribution in [1.29, 1.82) is 0 Å². The molecule has 0 radical (unpaired) electrons. The third-order valence-corrected chi connectivity index (χ3v) is 1.41. The Labute approximate surface area is 64.4 Å². The van der Waals surface area contributed by atoms with E-state index in [4.69, 9.17) is 16.6 Å². The molecule has 11 heavy (non-hydrogen) atoms. The summed E-state index contributed by atoms with van der Waals surface area (Å²) in [6.07, 6.45) is 0.0880. The minimum absolute atomic E-state index is 0.0880. The Morgan fingerprint density at radius 1 is 1.55 bits per heavy atom. The third-order valence-electron chi connectivity index (χ3n) is 1.41. The van der Waals surface area contributed by atoms with Crippen LogP contribution in [0.4, 0.5) is 0 Å². The first-order valence-corrected chi connectivity index (χ1v) is 3.23. The molecule has 5 N–H and O–H groups in total. The highest BCUT2D eigenvalue weighted by Crippen LogP contribution is 2.02. The standard InChI is InChI=1S/C6H12N2O3/c1-3(5(8)9)2-4(7)6(10)11/h3-4H,2,7H2,1H3,(H2,8,9)(H,10,11)/t3-,4?/m0/s1. The summed E-state index contributed by atoms with van der Waals surface area (Å²) in [7, 11) is 0. The zero-order valence-electron chi connectivity index (χ0n) is 6.28. The van der Waals surface area contributed by atoms with Gasteiger partial charge in [-0.1, -0.05) is 6.92 Å². The van der Waals surface area contributed by atoms with Crippen molar-refractivity contribution in [3.05, 3.63) is 0 Å². The summed E-state index contributed by atoms with van der Waals surface area (Å²) in [4.78, 5) is 20.6. The van der Waals surface area contributed by atoms with E-state index >= 15 is 0 Å². The Kier molecular flexibility index (Phi) is 3.53. The highest BCUT2D eigenvalue weighted by molar-refractivity contribution is 5.78. The molecule has 0 aromatic rings. The monoisotopic (exact) mass is 160 g/mol. The molecular weight excluding hydrogens is 148 g/mol. The quantitative estimate of drug-likeness (QED) is 0.485. The van der Waals surface area contributed by atoms with Gasteiger partial charge in [0.05, 0.1) is 0 Å². The van der Waals surface area contributed by atoms with Crippen LogP contribution in [-0.4, -0.2) is 23.0 Å². The second-order valence-corrected chi connectivity index (χ2v) is 2.48. The van der Waals surface area contributed by atoms with E-state index in [2.05, 4.69) is 0 Å². The number of hydrogen-bond acceptors (Lipinski definition) is 3. The molecule has 0 bridgehead atoms. The number of hydrogen-bond donors (Lipinski definition) is 3. The van der Waals surface area contributed by atoms with Crippen LogP contribution in [0, 0.1) is 5.92 Å². The highest BCUT2D eigenvalue weighted by Gasteiger charge is 2.18. The summed E-state index contributed by atoms with van der Waals surface area (Å²) in [5, 5.41) is 8.34. The van der Waals surface area contributed by atoms with Gasteiger partial charge in [0.25, 0.3) is 0 Å². The van der Waals surface area contributed by atoms with Crippen molar-refractivity contribution in [3.63, 3.8) is 0 Å². The van der Waals surface area contributed by atoms with E-state index in [1.165, 1.54) is 0 Å². The lowest BCUT2D eigenvalue weighted by atomic mass is 10.0. The Morgan fingerprint density at radius 2 is 2.00 bits per heavy atom. The molecule has 0 aromatic heterocycles. The molecule has 0 rings (SSSR count). The smallest absolute Gasteiger partial charge is 0.320 e. The minimum atomic E-state index is -1.11. The van der Waals surface area contributed by atoms with Crippen molar-refractivity contribution in [3.8, 4) is 0 Å². The first-order chi connectivity index (χ1) is 4.95. The van der Waals surface area contributed by atoms with Crippen LogP contribution >= 0.6 is 0 Å². The van der Waals surface area contributed by atoms with Crippen LogP contribution in [0.25, 0.3) is 0 Å². The fraction of sp³-hybridized carbons (Fsp3) is 0.667. The van der Waals surface area contributed by atoms with Crippen molar-refractivity contribution in [1.82, 2.24) is 0 Å². The minimum Gasteiger partial charge on any atom is -0.480 e. The van der Waals surface area contributed by atoms with E-state index in [0.717, 1.165) is 0 Å². The lowest BCUT2D eigenvalue weighted by Crippen LogP contribution is -2.35. The topological polar surface area (TPSA) is 106 Å². The summed E-state index contributed by atoms with van der Waals surface area (Å²) < 4.78 is 0. The van der Waals surface area contributed by atoms with E-state index in [-0.39, 0.29) is 6.42 Å². The van der Waals surface area contributed by atoms with Crippen molar-refractivity contribution < 1.29 is 14.7 Å². The Morgan fingerprint density at radius 3 is 2.27 bits per heavy atom. The van der Waals surface area contributed by atoms with Gasteiger partial charge in [-0.05, 0) is 6.42 Å². The fourth-order valence-corrected chi connectivity index (χ4v) is 0.598. The van der Waals surface area contributed by atoms with Gasteiger partial charge >= 0.3 is 5.97 Å². The predicted molar refractivity (Wildman–Crippen MR) is 38.6 cm³/mol. The largest absolute Gasteiger partial charge is 0.480 e. The van der Waals surface area contributed by atoms with Crippen molar-refractivity contribution >= 4 is 11.9 Å². The van der Waals surface area contributed by atoms with Crippen LogP contribution < -0.4 is 11.5 Å². The Hall–Kier alpha value is -1.10. The van der Waals surface area contributed by atoms with Crippen molar-refractivity contribution in [2.45, 2.75) is 19.4 Å². The van der Waals surface area contributed by atoms with E-state index in [1.807, 2.05) is 0 Å². The maximum Gasteiger partial charge on any atom is 0.320 e. The molecule has 5 heteroatoms. The molecule has 0 saturated heterocycles. The molecule has 1 unspecified atom stereocenters. The molecule has 0 saturated carbocycles. The normalized spacial score (nSPS) is 15.5. The predicted octanol–water partition coefficient (Wildman–Crippen LogP) is -1.09. The van der Waals surface area contributed by atoms with E-state index in [9.17, 15) is 9.59 Å². The first kappa shape index (κ1) is 9.90. The number of carboxylic acids is 1. The summed E-state index contributed by atoms with van der Waals surface area (Å²) >= 11 is 0. The van der Waals surface area contributed by atoms with Crippen LogP contribution in [0.1, 0.15) is 13.3 Å². The second-order valence-electron chi connectivity index (χ2n) is 2.48. The first-order valence-electron chi connectivity index (χ1n) is 3.23. The maximum absolute atomic E-state index is 10.4. The molecule has 0 aliphatic heterocycles. The van der Waals surface area contributed by atoms with E-state index in [0.29, 0.717) is 0 Å². The molecule has 1 amide bonds. The number of carboxylic acid groups (broad SMARTS) is 1. The molecule has 64 valence electrons. The van der Waals surface area contributed by atoms with E-state index in [1.54, 1.807) is 6.92 Å². The van der Waals surface area contributed by atoms with Gasteiger partial charge in [-0.25, -0.2) is 0 Å². The van der Waals surface area contributed by atoms with Crippen molar-refractivity contribution in [2.24, 2.45) is 17.4 Å². The highest BCUT2D eigenvalue weighted by atomic mass is 16.4. The van der Waals surface area contributed by atoms with Crippen molar-refractivity contribution in [2.75, 3.05) is 0 Å². The number of amides is 1. The Bertz CT molecular complexity index is 151. The zero-order chi connectivity index (χ0) is 9.02. The Balaban J connectivity index is 3.84. The number of aliphatic carboxylic acids is 1. The number of carbonyl (C=O) groups is 2. The number of primary amides is 1. The molecule has 0 aliphatic carbocycles. The van der Waals surface area contributed by atoms with Gasteiger partial charge in [0.15, 0.2) is 0 Å². The zero-order valence-corrected chi connectivity index (χ0v) is 6.28. The summed E-state index contributed by atoms with van der Waals surface area (Å²) in [5.74, 6) is -2.12. The molecule has 0 aromatic carbocycles. The number of carbonyl (C=O) groups excluding carboxylic acids is 1. The summed E-state index contributed by atoms with van der Waals surface area (Å²) in [6, 6.07) is -1.00. The van der Waals surface area contributed by atoms with Gasteiger partial charge in [-0.3, -0.25) is 9.59 Å². The number of nitrogens with two attached hydrogens (primary N) is 2. The summed E-state index contributed by atoms with van der Waals surface area (Å²) in [5.41, 5.74) is 10.0. The molecular formula is C6H12N2O3. The molecule has 2 atom stereocenters. The SMILES string of the molecule is C[C@@H](CC(N)C(=O)O)C(N)=O. The van der Waals surface area contributed by atoms with Crippen LogP contribution in [-0.2, 0) is 9.59 Å². The molecule has 0 heterocycles. The van der Waals surface area contributed by atoms with Gasteiger partial charge in [0, 0.05) is 5.92 Å². The lowest BCUT2D eigenvalue weighted by molar-refractivity contribution is -0.139. The molecule has 0 aliphatic rings. The van der Waals surface area contributed by atoms with Crippen LogP contribution in [0.3, 0.4) is 0 Å². The fourth-order valence-electron chi connectivity index (χ4n) is 0.598. The van der Waals surface area contributed by atoms with Crippen LogP contribution in [0.15, 0.2) is 0 Å². The average Bonchev–Trinajstić information content (AvgIpc) is 1.87. The van der Waals surface area contributed by atoms with Crippen LogP contribution in [0.2, 0.25) is 0 Å². The van der Waals surface area contributed by atoms with Gasteiger partial charge < -0.3 is 16.6 Å². The third kappa shape index (κ3) is 3.57. The van der Waals surface area contributed by atoms with E-state index < -0.39 is 23.8 Å². The lowest BCUT2D eigenvalue weighted by Gasteiger charge is -2.09. The average molecular weight is 160 g/mol. The van der Waals surface area contributed by atoms with Gasteiger partial charge in [0.2, 0.25) is 5.91 Å². The van der Waals surface area contributed by atoms with Crippen LogP contribution in [0.5, 0.6) is 0 Å². The van der Waals surface area contributed by atoms with Gasteiger partial charge in [0.1, 0.15) is 6.04 Å². The summed E-state index contributed by atoms with van der Waals surface area (Å²) in [6.45, 7) is 1.55. The maximum atomic E-state index is 10.4. The molecule has 5 nitrogen and oxygen atoms in total. The molecule has 0 spiro atoms. The van der Waals surface area contributed by atoms with Gasteiger partial charge in [-0.15, -0.1) is 0 Å². The van der Waals surface area contributed by atoms with Gasteiger partial charge in [-0.2, -0.15) is 0 Å². The molecule has 0 fully saturated rings. The number of rotatable bonds is 4.